The molecular weight excluding hydrogens is 246 g/mol. The fourth-order valence-corrected chi connectivity index (χ4v) is 1.62. The third-order valence-electron chi connectivity index (χ3n) is 2.86. The molecule has 0 aliphatic rings. The Balaban J connectivity index is 1.88. The van der Waals surface area contributed by atoms with Gasteiger partial charge in [0, 0.05) is 27.2 Å². The summed E-state index contributed by atoms with van der Waals surface area (Å²) in [6.07, 6.45) is 1.91. The second-order valence-electron chi connectivity index (χ2n) is 4.30. The van der Waals surface area contributed by atoms with Gasteiger partial charge in [0.05, 0.1) is 18.5 Å². The van der Waals surface area contributed by atoms with E-state index in [1.165, 1.54) is 0 Å². The molecule has 0 aliphatic heterocycles. The normalized spacial score (nSPS) is 11.1. The van der Waals surface area contributed by atoms with E-state index in [4.69, 9.17) is 4.74 Å². The summed E-state index contributed by atoms with van der Waals surface area (Å²) in [5.41, 5.74) is 0.898. The molecule has 8 nitrogen and oxygen atoms in total. The Labute approximate surface area is 111 Å². The standard InChI is InChI=1S/C11H19N7O/c1-9-13-15-11(17(9)2)8-18-7-10(14-16-18)6-12-4-5-19-3/h7,12H,4-6,8H2,1-3H3. The Morgan fingerprint density at radius 2 is 2.16 bits per heavy atom. The van der Waals surface area contributed by atoms with E-state index in [0.717, 1.165) is 23.9 Å². The van der Waals surface area contributed by atoms with Gasteiger partial charge in [-0.25, -0.2) is 4.68 Å². The first kappa shape index (κ1) is 13.6. The molecule has 0 saturated carbocycles. The van der Waals surface area contributed by atoms with Crippen molar-refractivity contribution in [3.63, 3.8) is 0 Å². The van der Waals surface area contributed by atoms with Crippen LogP contribution in [-0.4, -0.2) is 50.0 Å². The smallest absolute Gasteiger partial charge is 0.154 e. The lowest BCUT2D eigenvalue weighted by Crippen LogP contribution is -2.18. The predicted octanol–water partition coefficient (Wildman–Crippen LogP) is -0.501. The highest BCUT2D eigenvalue weighted by molar-refractivity contribution is 4.96. The molecule has 0 aliphatic carbocycles. The van der Waals surface area contributed by atoms with E-state index in [9.17, 15) is 0 Å². The minimum Gasteiger partial charge on any atom is -0.383 e. The van der Waals surface area contributed by atoms with Crippen LogP contribution in [0.15, 0.2) is 6.20 Å². The Bertz CT molecular complexity index is 519. The Morgan fingerprint density at radius 1 is 1.32 bits per heavy atom. The molecule has 104 valence electrons. The third kappa shape index (κ3) is 3.58. The minimum absolute atomic E-state index is 0.572. The number of ether oxygens (including phenoxy) is 1. The first-order valence-corrected chi connectivity index (χ1v) is 6.14. The van der Waals surface area contributed by atoms with Crippen molar-refractivity contribution in [3.05, 3.63) is 23.5 Å². The van der Waals surface area contributed by atoms with Gasteiger partial charge in [0.15, 0.2) is 5.82 Å². The summed E-state index contributed by atoms with van der Waals surface area (Å²) in [7, 11) is 3.62. The Kier molecular flexibility index (Phi) is 4.58. The average molecular weight is 265 g/mol. The van der Waals surface area contributed by atoms with Crippen LogP contribution in [0.25, 0.3) is 0 Å². The molecule has 8 heteroatoms. The van der Waals surface area contributed by atoms with Crippen molar-refractivity contribution >= 4 is 0 Å². The van der Waals surface area contributed by atoms with Crippen LogP contribution >= 0.6 is 0 Å². The van der Waals surface area contributed by atoms with Crippen LogP contribution in [0.3, 0.4) is 0 Å². The van der Waals surface area contributed by atoms with E-state index in [2.05, 4.69) is 25.8 Å². The van der Waals surface area contributed by atoms with Gasteiger partial charge in [0.2, 0.25) is 0 Å². The summed E-state index contributed by atoms with van der Waals surface area (Å²) < 4.78 is 8.66. The number of rotatable bonds is 7. The summed E-state index contributed by atoms with van der Waals surface area (Å²) in [4.78, 5) is 0. The molecule has 0 amide bonds. The SMILES string of the molecule is COCCNCc1cn(Cc2nnc(C)n2C)nn1. The summed E-state index contributed by atoms with van der Waals surface area (Å²) in [6, 6.07) is 0. The van der Waals surface area contributed by atoms with E-state index in [1.54, 1.807) is 11.8 Å². The molecule has 2 rings (SSSR count). The van der Waals surface area contributed by atoms with Crippen molar-refractivity contribution in [3.8, 4) is 0 Å². The van der Waals surface area contributed by atoms with E-state index in [-0.39, 0.29) is 0 Å². The van der Waals surface area contributed by atoms with Gasteiger partial charge in [-0.15, -0.1) is 15.3 Å². The third-order valence-corrected chi connectivity index (χ3v) is 2.86. The van der Waals surface area contributed by atoms with E-state index in [0.29, 0.717) is 19.7 Å². The summed E-state index contributed by atoms with van der Waals surface area (Å²) in [5.74, 6) is 1.75. The first-order valence-electron chi connectivity index (χ1n) is 6.14. The van der Waals surface area contributed by atoms with Crippen LogP contribution in [0.1, 0.15) is 17.3 Å². The van der Waals surface area contributed by atoms with Gasteiger partial charge < -0.3 is 14.6 Å². The molecule has 2 aromatic rings. The lowest BCUT2D eigenvalue weighted by Gasteiger charge is -2.01. The lowest BCUT2D eigenvalue weighted by molar-refractivity contribution is 0.199. The van der Waals surface area contributed by atoms with Gasteiger partial charge in [-0.05, 0) is 6.92 Å². The van der Waals surface area contributed by atoms with Crippen LogP contribution in [-0.2, 0) is 24.9 Å². The monoisotopic (exact) mass is 265 g/mol. The molecule has 0 spiro atoms. The molecule has 2 aromatic heterocycles. The highest BCUT2D eigenvalue weighted by Gasteiger charge is 2.07. The van der Waals surface area contributed by atoms with Crippen LogP contribution in [0, 0.1) is 6.92 Å². The molecule has 0 bridgehead atoms. The number of methoxy groups -OCH3 is 1. The average Bonchev–Trinajstić information content (AvgIpc) is 2.97. The van der Waals surface area contributed by atoms with Gasteiger partial charge in [-0.3, -0.25) is 0 Å². The maximum Gasteiger partial charge on any atom is 0.154 e. The van der Waals surface area contributed by atoms with E-state index < -0.39 is 0 Å². The zero-order chi connectivity index (χ0) is 13.7. The zero-order valence-corrected chi connectivity index (χ0v) is 11.5. The summed E-state index contributed by atoms with van der Waals surface area (Å²) in [6.45, 7) is 4.66. The number of hydrogen-bond donors (Lipinski definition) is 1. The van der Waals surface area contributed by atoms with E-state index in [1.807, 2.05) is 24.7 Å². The zero-order valence-electron chi connectivity index (χ0n) is 11.5. The second kappa shape index (κ2) is 6.39. The molecule has 0 saturated heterocycles. The fraction of sp³-hybridized carbons (Fsp3) is 0.636. The molecular formula is C11H19N7O. The summed E-state index contributed by atoms with van der Waals surface area (Å²) >= 11 is 0. The molecule has 2 heterocycles. The molecule has 0 fully saturated rings. The molecule has 19 heavy (non-hydrogen) atoms. The van der Waals surface area contributed by atoms with Crippen molar-refractivity contribution in [1.29, 1.82) is 0 Å². The van der Waals surface area contributed by atoms with Gasteiger partial charge in [-0.1, -0.05) is 5.21 Å². The lowest BCUT2D eigenvalue weighted by atomic mass is 10.4. The maximum absolute atomic E-state index is 4.96. The van der Waals surface area contributed by atoms with E-state index >= 15 is 0 Å². The van der Waals surface area contributed by atoms with Gasteiger partial charge in [0.25, 0.3) is 0 Å². The topological polar surface area (TPSA) is 82.7 Å². The fourth-order valence-electron chi connectivity index (χ4n) is 1.62. The Hall–Kier alpha value is -1.80. The van der Waals surface area contributed by atoms with Gasteiger partial charge in [-0.2, -0.15) is 0 Å². The van der Waals surface area contributed by atoms with Crippen molar-refractivity contribution in [2.24, 2.45) is 7.05 Å². The summed E-state index contributed by atoms with van der Waals surface area (Å²) in [5, 5.41) is 19.5. The molecule has 0 radical (unpaired) electrons. The minimum atomic E-state index is 0.572. The number of aromatic nitrogens is 6. The molecule has 0 aromatic carbocycles. The van der Waals surface area contributed by atoms with Crippen molar-refractivity contribution in [2.75, 3.05) is 20.3 Å². The van der Waals surface area contributed by atoms with Crippen LogP contribution in [0.5, 0.6) is 0 Å². The highest BCUT2D eigenvalue weighted by Crippen LogP contribution is 2.01. The van der Waals surface area contributed by atoms with Crippen molar-refractivity contribution < 1.29 is 4.74 Å². The molecule has 0 unspecified atom stereocenters. The number of aryl methyl sites for hydroxylation is 1. The quantitative estimate of drug-likeness (QED) is 0.680. The van der Waals surface area contributed by atoms with Crippen LogP contribution in [0.4, 0.5) is 0 Å². The highest BCUT2D eigenvalue weighted by atomic mass is 16.5. The predicted molar refractivity (Wildman–Crippen MR) is 68.4 cm³/mol. The van der Waals surface area contributed by atoms with Gasteiger partial charge >= 0.3 is 0 Å². The van der Waals surface area contributed by atoms with Crippen molar-refractivity contribution in [1.82, 2.24) is 35.1 Å². The second-order valence-corrected chi connectivity index (χ2v) is 4.30. The molecule has 1 N–H and O–H groups in total. The number of nitrogens with one attached hydrogen (secondary N) is 1. The maximum atomic E-state index is 4.96. The van der Waals surface area contributed by atoms with Crippen LogP contribution in [0.2, 0.25) is 0 Å². The van der Waals surface area contributed by atoms with Crippen molar-refractivity contribution in [2.45, 2.75) is 20.0 Å². The Morgan fingerprint density at radius 3 is 2.84 bits per heavy atom. The van der Waals surface area contributed by atoms with Gasteiger partial charge in [0.1, 0.15) is 12.4 Å². The number of hydrogen-bond acceptors (Lipinski definition) is 6. The largest absolute Gasteiger partial charge is 0.383 e. The first-order chi connectivity index (χ1) is 9.20. The van der Waals surface area contributed by atoms with Crippen LogP contribution < -0.4 is 5.32 Å². The number of nitrogens with zero attached hydrogens (tertiary/aromatic N) is 6. The molecule has 0 atom stereocenters.